The Morgan fingerprint density at radius 3 is 2.54 bits per heavy atom. The summed E-state index contributed by atoms with van der Waals surface area (Å²) in [5, 5.41) is 19.6. The minimum absolute atomic E-state index is 0.0881. The van der Waals surface area contributed by atoms with Crippen molar-refractivity contribution in [3.05, 3.63) is 104 Å². The Morgan fingerprint density at radius 2 is 1.86 bits per heavy atom. The first-order valence-corrected chi connectivity index (χ1v) is 12.2. The van der Waals surface area contributed by atoms with Crippen molar-refractivity contribution in [3.63, 3.8) is 0 Å². The quantitative estimate of drug-likeness (QED) is 0.133. The predicted octanol–water partition coefficient (Wildman–Crippen LogP) is 6.21. The van der Waals surface area contributed by atoms with Crippen LogP contribution >= 0.6 is 23.4 Å². The molecule has 0 bridgehead atoms. The van der Waals surface area contributed by atoms with Crippen LogP contribution in [-0.2, 0) is 6.61 Å². The highest BCUT2D eigenvalue weighted by atomic mass is 35.5. The summed E-state index contributed by atoms with van der Waals surface area (Å²) in [7, 11) is 1.41. The molecular weight excluding hydrogens is 526 g/mol. The van der Waals surface area contributed by atoms with Crippen LogP contribution in [0.4, 0.5) is 8.78 Å². The summed E-state index contributed by atoms with van der Waals surface area (Å²) in [6.07, 6.45) is 0. The first-order chi connectivity index (χ1) is 17.8. The molecule has 12 heteroatoms. The molecule has 0 radical (unpaired) electrons. The Hall–Kier alpha value is -3.70. The molecule has 0 aliphatic carbocycles. The molecule has 0 saturated carbocycles. The van der Waals surface area contributed by atoms with Gasteiger partial charge in [0.05, 0.1) is 12.1 Å². The molecule has 0 fully saturated rings. The summed E-state index contributed by atoms with van der Waals surface area (Å²) in [6, 6.07) is 15.1. The third-order valence-corrected chi connectivity index (χ3v) is 6.86. The number of aryl methyl sites for hydroxylation is 1. The van der Waals surface area contributed by atoms with Crippen molar-refractivity contribution in [3.8, 4) is 17.2 Å². The van der Waals surface area contributed by atoms with E-state index < -0.39 is 28.4 Å². The van der Waals surface area contributed by atoms with Crippen molar-refractivity contribution >= 4 is 23.4 Å². The molecule has 0 saturated heterocycles. The Labute approximate surface area is 220 Å². The standard InChI is InChI=1S/C25H21ClF2N4O4S/c1-15-29-30-25(32(15)19-9-7-18(27)8-10-19)37-23(13-31(33)34)17-11-20(26)24(22(12-17)35-2)36-14-16-5-3-4-6-21(16)28/h3-12,23H,13-14H2,1-2H3/t23-/m0/s1. The van der Waals surface area contributed by atoms with Crippen LogP contribution < -0.4 is 9.47 Å². The second-order valence-corrected chi connectivity index (χ2v) is 9.45. The summed E-state index contributed by atoms with van der Waals surface area (Å²) in [5.74, 6) is 0.142. The first-order valence-electron chi connectivity index (χ1n) is 11.0. The number of nitro groups is 1. The van der Waals surface area contributed by atoms with Crippen LogP contribution in [0.1, 0.15) is 22.2 Å². The van der Waals surface area contributed by atoms with Crippen LogP contribution in [0, 0.1) is 28.7 Å². The van der Waals surface area contributed by atoms with Crippen LogP contribution in [0.5, 0.6) is 11.5 Å². The van der Waals surface area contributed by atoms with E-state index in [1.54, 1.807) is 54.0 Å². The van der Waals surface area contributed by atoms with Gasteiger partial charge in [-0.1, -0.05) is 41.6 Å². The van der Waals surface area contributed by atoms with Crippen LogP contribution in [-0.4, -0.2) is 33.3 Å². The lowest BCUT2D eigenvalue weighted by Crippen LogP contribution is -2.12. The summed E-state index contributed by atoms with van der Waals surface area (Å²) >= 11 is 7.61. The average molecular weight is 547 g/mol. The second-order valence-electron chi connectivity index (χ2n) is 7.88. The fraction of sp³-hybridized carbons (Fsp3) is 0.200. The Balaban J connectivity index is 1.66. The molecule has 0 aliphatic rings. The van der Waals surface area contributed by atoms with Crippen molar-refractivity contribution in [2.75, 3.05) is 13.7 Å². The predicted molar refractivity (Wildman–Crippen MR) is 135 cm³/mol. The van der Waals surface area contributed by atoms with Crippen molar-refractivity contribution in [1.82, 2.24) is 14.8 Å². The SMILES string of the molecule is COc1cc([C@H](C[N+](=O)[O-])Sc2nnc(C)n2-c2ccc(F)cc2)cc(Cl)c1OCc1ccccc1F. The number of thioether (sulfide) groups is 1. The van der Waals surface area contributed by atoms with Crippen LogP contribution in [0.15, 0.2) is 65.8 Å². The summed E-state index contributed by atoms with van der Waals surface area (Å²) < 4.78 is 40.3. The maximum absolute atomic E-state index is 14.0. The van der Waals surface area contributed by atoms with Gasteiger partial charge in [-0.05, 0) is 55.0 Å². The summed E-state index contributed by atoms with van der Waals surface area (Å²) in [6.45, 7) is 1.19. The van der Waals surface area contributed by atoms with Gasteiger partial charge in [-0.15, -0.1) is 10.2 Å². The van der Waals surface area contributed by atoms with E-state index in [0.717, 1.165) is 11.8 Å². The highest BCUT2D eigenvalue weighted by molar-refractivity contribution is 7.99. The highest BCUT2D eigenvalue weighted by Gasteiger charge is 2.26. The van der Waals surface area contributed by atoms with Gasteiger partial charge >= 0.3 is 0 Å². The van der Waals surface area contributed by atoms with Gasteiger partial charge in [-0.2, -0.15) is 0 Å². The lowest BCUT2D eigenvalue weighted by molar-refractivity contribution is -0.479. The number of halogens is 3. The van der Waals surface area contributed by atoms with E-state index >= 15 is 0 Å². The maximum atomic E-state index is 14.0. The van der Waals surface area contributed by atoms with Crippen molar-refractivity contribution in [1.29, 1.82) is 0 Å². The van der Waals surface area contributed by atoms with Crippen molar-refractivity contribution < 1.29 is 23.2 Å². The minimum Gasteiger partial charge on any atom is -0.493 e. The molecule has 192 valence electrons. The maximum Gasteiger partial charge on any atom is 0.220 e. The Bertz CT molecular complexity index is 1420. The number of ether oxygens (including phenoxy) is 2. The van der Waals surface area contributed by atoms with Crippen molar-refractivity contribution in [2.45, 2.75) is 23.9 Å². The molecule has 4 aromatic rings. The van der Waals surface area contributed by atoms with Crippen molar-refractivity contribution in [2.24, 2.45) is 0 Å². The summed E-state index contributed by atoms with van der Waals surface area (Å²) in [5.41, 5.74) is 1.44. The van der Waals surface area contributed by atoms with E-state index in [1.165, 1.54) is 25.3 Å². The number of hydrogen-bond acceptors (Lipinski definition) is 7. The molecule has 0 aliphatic heterocycles. The number of methoxy groups -OCH3 is 1. The normalized spacial score (nSPS) is 11.8. The number of hydrogen-bond donors (Lipinski definition) is 0. The number of aromatic nitrogens is 3. The fourth-order valence-corrected chi connectivity index (χ4v) is 5.04. The third kappa shape index (κ3) is 6.17. The zero-order valence-corrected chi connectivity index (χ0v) is 21.3. The van der Waals surface area contributed by atoms with E-state index in [2.05, 4.69) is 10.2 Å². The largest absolute Gasteiger partial charge is 0.493 e. The van der Waals surface area contributed by atoms with Gasteiger partial charge < -0.3 is 9.47 Å². The van der Waals surface area contributed by atoms with E-state index in [0.29, 0.717) is 27.8 Å². The van der Waals surface area contributed by atoms with Gasteiger partial charge in [0.2, 0.25) is 6.54 Å². The van der Waals surface area contributed by atoms with Gasteiger partial charge in [0, 0.05) is 16.2 Å². The van der Waals surface area contributed by atoms with E-state index in [9.17, 15) is 18.9 Å². The third-order valence-electron chi connectivity index (χ3n) is 5.40. The lowest BCUT2D eigenvalue weighted by Gasteiger charge is -2.18. The second kappa shape index (κ2) is 11.6. The van der Waals surface area contributed by atoms with E-state index in [1.807, 2.05) is 0 Å². The number of nitrogens with zero attached hydrogens (tertiary/aromatic N) is 4. The number of benzene rings is 3. The first kappa shape index (κ1) is 26.4. The topological polar surface area (TPSA) is 92.3 Å². The molecule has 8 nitrogen and oxygen atoms in total. The Morgan fingerprint density at radius 1 is 1.14 bits per heavy atom. The van der Waals surface area contributed by atoms with E-state index in [-0.39, 0.29) is 23.1 Å². The zero-order chi connectivity index (χ0) is 26.5. The number of rotatable bonds is 10. The Kier molecular flexibility index (Phi) is 8.24. The molecule has 0 unspecified atom stereocenters. The van der Waals surface area contributed by atoms with Gasteiger partial charge in [0.15, 0.2) is 16.7 Å². The van der Waals surface area contributed by atoms with Gasteiger partial charge in [-0.3, -0.25) is 14.7 Å². The van der Waals surface area contributed by atoms with E-state index in [4.69, 9.17) is 21.1 Å². The van der Waals surface area contributed by atoms with Crippen LogP contribution in [0.2, 0.25) is 5.02 Å². The minimum atomic E-state index is -0.732. The molecule has 0 amide bonds. The average Bonchev–Trinajstić information content (AvgIpc) is 3.23. The van der Waals surface area contributed by atoms with Crippen LogP contribution in [0.25, 0.3) is 5.69 Å². The molecule has 3 aromatic carbocycles. The molecular formula is C25H21ClF2N4O4S. The molecule has 0 N–H and O–H groups in total. The van der Waals surface area contributed by atoms with Gasteiger partial charge in [0.25, 0.3) is 0 Å². The fourth-order valence-electron chi connectivity index (χ4n) is 3.61. The summed E-state index contributed by atoms with van der Waals surface area (Å²) in [4.78, 5) is 11.1. The molecule has 0 spiro atoms. The molecule has 1 aromatic heterocycles. The molecule has 1 heterocycles. The smallest absolute Gasteiger partial charge is 0.220 e. The van der Waals surface area contributed by atoms with Gasteiger partial charge in [-0.25, -0.2) is 8.78 Å². The lowest BCUT2D eigenvalue weighted by atomic mass is 10.1. The molecule has 37 heavy (non-hydrogen) atoms. The van der Waals surface area contributed by atoms with Crippen LogP contribution in [0.3, 0.4) is 0 Å². The zero-order valence-electron chi connectivity index (χ0n) is 19.7. The highest BCUT2D eigenvalue weighted by Crippen LogP contribution is 2.43. The molecule has 4 rings (SSSR count). The molecule has 1 atom stereocenters. The van der Waals surface area contributed by atoms with Gasteiger partial charge in [0.1, 0.15) is 29.3 Å². The monoisotopic (exact) mass is 546 g/mol.